The third-order valence-corrected chi connectivity index (χ3v) is 5.91. The molecule has 190 valence electrons. The van der Waals surface area contributed by atoms with E-state index in [2.05, 4.69) is 16.4 Å². The van der Waals surface area contributed by atoms with Gasteiger partial charge in [-0.2, -0.15) is 5.26 Å². The van der Waals surface area contributed by atoms with Crippen molar-refractivity contribution >= 4 is 29.4 Å². The van der Waals surface area contributed by atoms with Crippen LogP contribution in [0.15, 0.2) is 102 Å². The Balaban J connectivity index is 1.99. The van der Waals surface area contributed by atoms with Crippen LogP contribution in [0.2, 0.25) is 0 Å². The second-order valence-electron chi connectivity index (χ2n) is 8.02. The molecule has 1 atom stereocenters. The highest BCUT2D eigenvalue weighted by Gasteiger charge is 2.43. The second-order valence-corrected chi connectivity index (χ2v) is 8.02. The number of carbonyl (C=O) groups is 3. The standard InChI is InChI=1S/C28H23N5O5/c1-37-27(35)23-22(17-10-4-3-5-11-17)19(16-29)25(30)33(24(23)28(36)38-2)20-13-7-6-12-18(20)26(34)32-21-14-8-9-15-31-21/h3-15,22H,30H2,1-2H3,(H,31,32,34). The number of nitrogens with one attached hydrogen (secondary N) is 1. The first-order valence-electron chi connectivity index (χ1n) is 11.4. The van der Waals surface area contributed by atoms with Crippen molar-refractivity contribution in [2.75, 3.05) is 24.4 Å². The lowest BCUT2D eigenvalue weighted by molar-refractivity contribution is -0.139. The average molecular weight is 510 g/mol. The lowest BCUT2D eigenvalue weighted by atomic mass is 9.80. The Kier molecular flexibility index (Phi) is 7.49. The largest absolute Gasteiger partial charge is 0.466 e. The van der Waals surface area contributed by atoms with Gasteiger partial charge in [0, 0.05) is 6.20 Å². The first kappa shape index (κ1) is 25.7. The van der Waals surface area contributed by atoms with Gasteiger partial charge in [-0.1, -0.05) is 48.5 Å². The number of amides is 1. The summed E-state index contributed by atoms with van der Waals surface area (Å²) < 4.78 is 10.1. The Morgan fingerprint density at radius 3 is 2.24 bits per heavy atom. The van der Waals surface area contributed by atoms with E-state index in [0.717, 1.165) is 7.11 Å². The highest BCUT2D eigenvalue weighted by molar-refractivity contribution is 6.11. The summed E-state index contributed by atoms with van der Waals surface area (Å²) in [6.07, 6.45) is 1.52. The molecule has 3 aromatic rings. The molecule has 0 radical (unpaired) electrons. The fourth-order valence-electron chi connectivity index (χ4n) is 4.24. The van der Waals surface area contributed by atoms with Crippen molar-refractivity contribution in [1.82, 2.24) is 4.98 Å². The van der Waals surface area contributed by atoms with Gasteiger partial charge in [-0.25, -0.2) is 14.6 Å². The Labute approximate surface area is 218 Å². The molecule has 3 N–H and O–H groups in total. The number of pyridine rings is 1. The van der Waals surface area contributed by atoms with Crippen molar-refractivity contribution in [3.8, 4) is 6.07 Å². The predicted octanol–water partition coefficient (Wildman–Crippen LogP) is 3.23. The van der Waals surface area contributed by atoms with Gasteiger partial charge in [-0.15, -0.1) is 0 Å². The van der Waals surface area contributed by atoms with Crippen LogP contribution in [0.4, 0.5) is 11.5 Å². The van der Waals surface area contributed by atoms with E-state index < -0.39 is 23.8 Å². The van der Waals surface area contributed by atoms with Crippen LogP contribution in [0, 0.1) is 11.3 Å². The molecule has 10 nitrogen and oxygen atoms in total. The van der Waals surface area contributed by atoms with Crippen molar-refractivity contribution < 1.29 is 23.9 Å². The van der Waals surface area contributed by atoms with Crippen molar-refractivity contribution in [2.24, 2.45) is 5.73 Å². The van der Waals surface area contributed by atoms with Gasteiger partial charge in [-0.05, 0) is 29.8 Å². The lowest BCUT2D eigenvalue weighted by Gasteiger charge is -2.36. The predicted molar refractivity (Wildman–Crippen MR) is 138 cm³/mol. The minimum Gasteiger partial charge on any atom is -0.466 e. The lowest BCUT2D eigenvalue weighted by Crippen LogP contribution is -2.41. The molecule has 2 heterocycles. The van der Waals surface area contributed by atoms with Crippen LogP contribution in [-0.2, 0) is 19.1 Å². The van der Waals surface area contributed by atoms with Crippen LogP contribution in [0.25, 0.3) is 0 Å². The summed E-state index contributed by atoms with van der Waals surface area (Å²) in [5.41, 5.74) is 6.88. The molecule has 0 aliphatic carbocycles. The van der Waals surface area contributed by atoms with E-state index in [-0.39, 0.29) is 33.9 Å². The molecule has 1 amide bonds. The van der Waals surface area contributed by atoms with Gasteiger partial charge in [0.05, 0.1) is 48.6 Å². The van der Waals surface area contributed by atoms with Gasteiger partial charge in [0.15, 0.2) is 0 Å². The zero-order valence-electron chi connectivity index (χ0n) is 20.5. The van der Waals surface area contributed by atoms with Crippen LogP contribution in [0.5, 0.6) is 0 Å². The van der Waals surface area contributed by atoms with Crippen molar-refractivity contribution in [3.63, 3.8) is 0 Å². The number of ether oxygens (including phenoxy) is 2. The zero-order chi connectivity index (χ0) is 27.2. The molecule has 10 heteroatoms. The number of hydrogen-bond donors (Lipinski definition) is 2. The van der Waals surface area contributed by atoms with E-state index in [1.807, 2.05) is 0 Å². The highest BCUT2D eigenvalue weighted by atomic mass is 16.5. The number of hydrogen-bond acceptors (Lipinski definition) is 9. The third-order valence-electron chi connectivity index (χ3n) is 5.91. The number of carbonyl (C=O) groups excluding carboxylic acids is 3. The quantitative estimate of drug-likeness (QED) is 0.478. The van der Waals surface area contributed by atoms with Gasteiger partial charge in [0.25, 0.3) is 5.91 Å². The second kappa shape index (κ2) is 11.1. The summed E-state index contributed by atoms with van der Waals surface area (Å²) >= 11 is 0. The number of benzene rings is 2. The van der Waals surface area contributed by atoms with E-state index in [1.165, 1.54) is 30.3 Å². The fourth-order valence-corrected chi connectivity index (χ4v) is 4.24. The first-order chi connectivity index (χ1) is 18.4. The van der Waals surface area contributed by atoms with Gasteiger partial charge in [0.2, 0.25) is 0 Å². The smallest absolute Gasteiger partial charge is 0.355 e. The molecule has 38 heavy (non-hydrogen) atoms. The van der Waals surface area contributed by atoms with Crippen molar-refractivity contribution in [2.45, 2.75) is 5.92 Å². The summed E-state index contributed by atoms with van der Waals surface area (Å²) in [4.78, 5) is 45.1. The molecule has 2 aromatic carbocycles. The molecule has 0 bridgehead atoms. The molecule has 1 aliphatic rings. The summed E-state index contributed by atoms with van der Waals surface area (Å²) in [6.45, 7) is 0. The summed E-state index contributed by atoms with van der Waals surface area (Å²) in [5.74, 6) is -3.19. The number of para-hydroxylation sites is 1. The van der Waals surface area contributed by atoms with Gasteiger partial charge in [0.1, 0.15) is 17.3 Å². The Morgan fingerprint density at radius 1 is 0.947 bits per heavy atom. The number of nitriles is 1. The highest BCUT2D eigenvalue weighted by Crippen LogP contribution is 2.43. The van der Waals surface area contributed by atoms with Crippen LogP contribution >= 0.6 is 0 Å². The Morgan fingerprint density at radius 2 is 1.61 bits per heavy atom. The van der Waals surface area contributed by atoms with Crippen molar-refractivity contribution in [3.05, 3.63) is 113 Å². The number of aromatic nitrogens is 1. The van der Waals surface area contributed by atoms with E-state index in [9.17, 15) is 19.6 Å². The van der Waals surface area contributed by atoms with Gasteiger partial charge in [-0.3, -0.25) is 9.69 Å². The number of anilines is 2. The molecule has 1 aromatic heterocycles. The zero-order valence-corrected chi connectivity index (χ0v) is 20.5. The SMILES string of the molecule is COC(=O)C1=C(C(=O)OC)N(c2ccccc2C(=O)Nc2ccccn2)C(N)=C(C#N)C1c1ccccc1. The maximum Gasteiger partial charge on any atom is 0.355 e. The number of esters is 2. The van der Waals surface area contributed by atoms with Crippen molar-refractivity contribution in [1.29, 1.82) is 5.26 Å². The summed E-state index contributed by atoms with van der Waals surface area (Å²) in [5, 5.41) is 12.9. The van der Waals surface area contributed by atoms with E-state index >= 15 is 0 Å². The number of nitrogens with two attached hydrogens (primary N) is 1. The Hall–Kier alpha value is -5.43. The molecule has 0 fully saturated rings. The topological polar surface area (TPSA) is 148 Å². The molecular weight excluding hydrogens is 486 g/mol. The first-order valence-corrected chi connectivity index (χ1v) is 11.4. The van der Waals surface area contributed by atoms with Crippen LogP contribution < -0.4 is 16.0 Å². The molecule has 1 aliphatic heterocycles. The Bertz CT molecular complexity index is 1490. The molecule has 4 rings (SSSR count). The van der Waals surface area contributed by atoms with E-state index in [4.69, 9.17) is 15.2 Å². The molecule has 0 saturated carbocycles. The molecule has 0 saturated heterocycles. The fraction of sp³-hybridized carbons (Fsp3) is 0.107. The maximum atomic E-state index is 13.3. The minimum atomic E-state index is -1.02. The van der Waals surface area contributed by atoms with Crippen LogP contribution in [-0.4, -0.2) is 37.0 Å². The number of rotatable bonds is 6. The number of allylic oxidation sites excluding steroid dienone is 1. The molecule has 1 unspecified atom stereocenters. The third kappa shape index (κ3) is 4.68. The summed E-state index contributed by atoms with van der Waals surface area (Å²) in [7, 11) is 2.32. The number of methoxy groups -OCH3 is 2. The number of nitrogens with zero attached hydrogens (tertiary/aromatic N) is 3. The van der Waals surface area contributed by atoms with Gasteiger partial charge >= 0.3 is 11.9 Å². The van der Waals surface area contributed by atoms with Crippen LogP contribution in [0.1, 0.15) is 21.8 Å². The van der Waals surface area contributed by atoms with Crippen LogP contribution in [0.3, 0.4) is 0 Å². The van der Waals surface area contributed by atoms with E-state index in [0.29, 0.717) is 11.4 Å². The maximum absolute atomic E-state index is 13.3. The molecular formula is C28H23N5O5. The van der Waals surface area contributed by atoms with Gasteiger partial charge < -0.3 is 20.5 Å². The minimum absolute atomic E-state index is 0.0100. The monoisotopic (exact) mass is 509 g/mol. The molecule has 0 spiro atoms. The summed E-state index contributed by atoms with van der Waals surface area (Å²) in [6, 6.07) is 22.1. The van der Waals surface area contributed by atoms with E-state index in [1.54, 1.807) is 60.7 Å². The normalized spacial score (nSPS) is 15.0. The average Bonchev–Trinajstić information content (AvgIpc) is 2.96.